The number of hydrogen-bond acceptors (Lipinski definition) is 4. The number of nitrogens with zero attached hydrogens (tertiary/aromatic N) is 1. The van der Waals surface area contributed by atoms with Crippen LogP contribution in [0, 0.1) is 0 Å². The van der Waals surface area contributed by atoms with Crippen LogP contribution in [0.5, 0.6) is 0 Å². The van der Waals surface area contributed by atoms with Crippen molar-refractivity contribution in [3.05, 3.63) is 34.9 Å². The number of ether oxygens (including phenoxy) is 1. The average Bonchev–Trinajstić information content (AvgIpc) is 2.87. The summed E-state index contributed by atoms with van der Waals surface area (Å²) in [6.45, 7) is 6.55. The Bertz CT molecular complexity index is 500. The maximum absolute atomic E-state index is 10.5. The quantitative estimate of drug-likeness (QED) is 0.594. The highest BCUT2D eigenvalue weighted by molar-refractivity contribution is 5.34. The van der Waals surface area contributed by atoms with E-state index in [0.717, 1.165) is 51.4 Å². The van der Waals surface area contributed by atoms with Crippen LogP contribution in [0.15, 0.2) is 18.2 Å². The summed E-state index contributed by atoms with van der Waals surface area (Å²) >= 11 is 0. The first-order chi connectivity index (χ1) is 11.8. The van der Waals surface area contributed by atoms with Crippen LogP contribution in [0.1, 0.15) is 48.5 Å². The van der Waals surface area contributed by atoms with Crippen LogP contribution in [-0.2, 0) is 17.6 Å². The molecular formula is C20H32N2O2. The van der Waals surface area contributed by atoms with Crippen LogP contribution in [0.3, 0.4) is 0 Å². The lowest BCUT2D eigenvalue weighted by molar-refractivity contribution is 0.0373. The number of nitrogens with one attached hydrogen (secondary N) is 1. The Hall–Kier alpha value is -0.940. The molecule has 4 heteroatoms. The standard InChI is InChI=1S/C20H32N2O2/c23-20(16-21-9-4-10-22-11-13-24-14-12-22)19-8-7-17-5-2-1-3-6-18(17)15-19/h7-8,15,20-21,23H,1-6,9-14,16H2. The normalized spacial score (nSPS) is 20.4. The minimum absolute atomic E-state index is 0.401. The van der Waals surface area contributed by atoms with Crippen LogP contribution in [0.25, 0.3) is 0 Å². The van der Waals surface area contributed by atoms with Gasteiger partial charge in [0.1, 0.15) is 0 Å². The first kappa shape index (κ1) is 17.9. The van der Waals surface area contributed by atoms with Gasteiger partial charge in [0.05, 0.1) is 19.3 Å². The molecule has 1 aromatic carbocycles. The molecule has 0 spiro atoms. The molecule has 2 N–H and O–H groups in total. The Labute approximate surface area is 146 Å². The van der Waals surface area contributed by atoms with Gasteiger partial charge in [-0.2, -0.15) is 0 Å². The first-order valence-corrected chi connectivity index (χ1v) is 9.63. The molecule has 4 nitrogen and oxygen atoms in total. The molecular weight excluding hydrogens is 300 g/mol. The van der Waals surface area contributed by atoms with Crippen LogP contribution in [-0.4, -0.2) is 55.9 Å². The van der Waals surface area contributed by atoms with Crippen LogP contribution >= 0.6 is 0 Å². The van der Waals surface area contributed by atoms with Crippen molar-refractivity contribution in [2.45, 2.75) is 44.6 Å². The van der Waals surface area contributed by atoms with E-state index in [0.29, 0.717) is 6.54 Å². The van der Waals surface area contributed by atoms with Crippen molar-refractivity contribution in [2.24, 2.45) is 0 Å². The van der Waals surface area contributed by atoms with Crippen molar-refractivity contribution in [3.8, 4) is 0 Å². The third-order valence-corrected chi connectivity index (χ3v) is 5.28. The van der Waals surface area contributed by atoms with Gasteiger partial charge >= 0.3 is 0 Å². The van der Waals surface area contributed by atoms with Crippen LogP contribution < -0.4 is 5.32 Å². The van der Waals surface area contributed by atoms with Crippen molar-refractivity contribution in [1.29, 1.82) is 0 Å². The minimum atomic E-state index is -0.401. The molecule has 1 saturated heterocycles. The zero-order valence-electron chi connectivity index (χ0n) is 14.8. The largest absolute Gasteiger partial charge is 0.387 e. The van der Waals surface area contributed by atoms with Crippen LogP contribution in [0.4, 0.5) is 0 Å². The lowest BCUT2D eigenvalue weighted by Crippen LogP contribution is -2.37. The molecule has 1 aromatic rings. The highest BCUT2D eigenvalue weighted by Gasteiger charge is 2.13. The summed E-state index contributed by atoms with van der Waals surface area (Å²) in [5, 5.41) is 13.9. The number of morpholine rings is 1. The van der Waals surface area contributed by atoms with E-state index in [4.69, 9.17) is 4.74 Å². The predicted octanol–water partition coefficient (Wildman–Crippen LogP) is 2.30. The molecule has 0 saturated carbocycles. The van der Waals surface area contributed by atoms with E-state index in [1.54, 1.807) is 0 Å². The lowest BCUT2D eigenvalue weighted by atomic mass is 9.98. The zero-order chi connectivity index (χ0) is 16.6. The summed E-state index contributed by atoms with van der Waals surface area (Å²) < 4.78 is 5.36. The fourth-order valence-corrected chi connectivity index (χ4v) is 3.75. The van der Waals surface area contributed by atoms with Crippen LogP contribution in [0.2, 0.25) is 0 Å². The molecule has 1 fully saturated rings. The molecule has 1 aliphatic carbocycles. The number of aliphatic hydroxyl groups excluding tert-OH is 1. The molecule has 134 valence electrons. The van der Waals surface area contributed by atoms with E-state index < -0.39 is 6.10 Å². The van der Waals surface area contributed by atoms with E-state index >= 15 is 0 Å². The van der Waals surface area contributed by atoms with Gasteiger partial charge in [0, 0.05) is 19.6 Å². The second-order valence-corrected chi connectivity index (χ2v) is 7.12. The fourth-order valence-electron chi connectivity index (χ4n) is 3.75. The van der Waals surface area contributed by atoms with E-state index in [9.17, 15) is 5.11 Å². The summed E-state index contributed by atoms with van der Waals surface area (Å²) in [6.07, 6.45) is 7.01. The number of aryl methyl sites for hydroxylation is 2. The molecule has 0 bridgehead atoms. The highest BCUT2D eigenvalue weighted by Crippen LogP contribution is 2.24. The van der Waals surface area contributed by atoms with Gasteiger partial charge < -0.3 is 15.2 Å². The zero-order valence-corrected chi connectivity index (χ0v) is 14.8. The Morgan fingerprint density at radius 2 is 1.88 bits per heavy atom. The highest BCUT2D eigenvalue weighted by atomic mass is 16.5. The van der Waals surface area contributed by atoms with Crippen molar-refractivity contribution < 1.29 is 9.84 Å². The average molecular weight is 332 g/mol. The SMILES string of the molecule is OC(CNCCCN1CCOCC1)c1ccc2c(c1)CCCCC2. The third kappa shape index (κ3) is 5.28. The summed E-state index contributed by atoms with van der Waals surface area (Å²) in [4.78, 5) is 2.45. The third-order valence-electron chi connectivity index (χ3n) is 5.28. The van der Waals surface area contributed by atoms with E-state index in [1.165, 1.54) is 43.2 Å². The molecule has 0 amide bonds. The summed E-state index contributed by atoms with van der Waals surface area (Å²) in [6, 6.07) is 6.59. The first-order valence-electron chi connectivity index (χ1n) is 9.63. The molecule has 0 aromatic heterocycles. The lowest BCUT2D eigenvalue weighted by Gasteiger charge is -2.26. The molecule has 1 unspecified atom stereocenters. The Morgan fingerprint density at radius 3 is 2.71 bits per heavy atom. The van der Waals surface area contributed by atoms with Gasteiger partial charge in [-0.1, -0.05) is 24.6 Å². The Morgan fingerprint density at radius 1 is 1.08 bits per heavy atom. The second-order valence-electron chi connectivity index (χ2n) is 7.12. The second kappa shape index (κ2) is 9.52. The predicted molar refractivity (Wildman–Crippen MR) is 97.4 cm³/mol. The van der Waals surface area contributed by atoms with E-state index in [-0.39, 0.29) is 0 Å². The summed E-state index contributed by atoms with van der Waals surface area (Å²) in [5.74, 6) is 0. The summed E-state index contributed by atoms with van der Waals surface area (Å²) in [7, 11) is 0. The summed E-state index contributed by atoms with van der Waals surface area (Å²) in [5.41, 5.74) is 4.01. The van der Waals surface area contributed by atoms with Gasteiger partial charge in [0.2, 0.25) is 0 Å². The molecule has 1 heterocycles. The number of rotatable bonds is 7. The molecule has 0 radical (unpaired) electrons. The molecule has 1 atom stereocenters. The van der Waals surface area contributed by atoms with Crippen molar-refractivity contribution in [3.63, 3.8) is 0 Å². The Balaban J connectivity index is 1.38. The van der Waals surface area contributed by atoms with Crippen molar-refractivity contribution >= 4 is 0 Å². The number of fused-ring (bicyclic) bond motifs is 1. The fraction of sp³-hybridized carbons (Fsp3) is 0.700. The smallest absolute Gasteiger partial charge is 0.0914 e. The maximum Gasteiger partial charge on any atom is 0.0914 e. The molecule has 3 rings (SSSR count). The molecule has 1 aliphatic heterocycles. The van der Waals surface area contributed by atoms with Gasteiger partial charge in [-0.25, -0.2) is 0 Å². The molecule has 24 heavy (non-hydrogen) atoms. The van der Waals surface area contributed by atoms with Gasteiger partial charge in [0.25, 0.3) is 0 Å². The number of benzene rings is 1. The minimum Gasteiger partial charge on any atom is -0.387 e. The molecule has 2 aliphatic rings. The van der Waals surface area contributed by atoms with E-state index in [2.05, 4.69) is 28.4 Å². The maximum atomic E-state index is 10.5. The monoisotopic (exact) mass is 332 g/mol. The van der Waals surface area contributed by atoms with Gasteiger partial charge in [-0.05, 0) is 61.9 Å². The Kier molecular flexibility index (Phi) is 7.09. The number of aliphatic hydroxyl groups is 1. The van der Waals surface area contributed by atoms with Gasteiger partial charge in [0.15, 0.2) is 0 Å². The van der Waals surface area contributed by atoms with Crippen molar-refractivity contribution in [2.75, 3.05) is 45.9 Å². The van der Waals surface area contributed by atoms with Gasteiger partial charge in [-0.15, -0.1) is 0 Å². The number of hydrogen-bond donors (Lipinski definition) is 2. The van der Waals surface area contributed by atoms with Gasteiger partial charge in [-0.3, -0.25) is 4.90 Å². The van der Waals surface area contributed by atoms with Crippen molar-refractivity contribution in [1.82, 2.24) is 10.2 Å². The topological polar surface area (TPSA) is 44.7 Å². The van der Waals surface area contributed by atoms with E-state index in [1.807, 2.05) is 0 Å².